The highest BCUT2D eigenvalue weighted by molar-refractivity contribution is 5.40. The molecule has 108 valence electrons. The van der Waals surface area contributed by atoms with Crippen molar-refractivity contribution < 1.29 is 14.0 Å². The molecule has 0 fully saturated rings. The number of ether oxygens (including phenoxy) is 2. The zero-order valence-corrected chi connectivity index (χ0v) is 12.1. The molecule has 5 nitrogen and oxygen atoms in total. The third-order valence-corrected chi connectivity index (χ3v) is 2.86. The summed E-state index contributed by atoms with van der Waals surface area (Å²) in [5.74, 6) is 2.36. The molecule has 2 N–H and O–H groups in total. The molecule has 0 amide bonds. The van der Waals surface area contributed by atoms with Crippen molar-refractivity contribution in [2.75, 3.05) is 7.11 Å². The van der Waals surface area contributed by atoms with Crippen LogP contribution in [0.4, 0.5) is 0 Å². The van der Waals surface area contributed by atoms with Crippen molar-refractivity contribution in [3.8, 4) is 11.5 Å². The number of aromatic nitrogens is 1. The first-order valence-corrected chi connectivity index (χ1v) is 6.56. The maximum Gasteiger partial charge on any atom is 0.134 e. The molecule has 1 heterocycles. The standard InChI is InChI=1S/C15H20N2O3/c1-10(16)6-12-8-14(18-3)4-5-15(12)19-9-13-7-11(2)20-17-13/h4-5,7-8,10H,6,9,16H2,1-3H3. The highest BCUT2D eigenvalue weighted by atomic mass is 16.5. The summed E-state index contributed by atoms with van der Waals surface area (Å²) in [7, 11) is 1.64. The third kappa shape index (κ3) is 3.74. The van der Waals surface area contributed by atoms with Crippen molar-refractivity contribution in [3.63, 3.8) is 0 Å². The Morgan fingerprint density at radius 1 is 1.35 bits per heavy atom. The van der Waals surface area contributed by atoms with E-state index in [1.165, 1.54) is 0 Å². The first-order chi connectivity index (χ1) is 9.58. The Bertz CT molecular complexity index is 564. The molecule has 20 heavy (non-hydrogen) atoms. The predicted molar refractivity (Wildman–Crippen MR) is 75.9 cm³/mol. The molecule has 0 aliphatic rings. The second-order valence-electron chi connectivity index (χ2n) is 4.87. The topological polar surface area (TPSA) is 70.5 Å². The van der Waals surface area contributed by atoms with Crippen molar-refractivity contribution in [1.82, 2.24) is 5.16 Å². The molecular weight excluding hydrogens is 256 g/mol. The molecule has 2 rings (SSSR count). The van der Waals surface area contributed by atoms with Gasteiger partial charge < -0.3 is 19.7 Å². The summed E-state index contributed by atoms with van der Waals surface area (Å²) in [6.07, 6.45) is 0.727. The van der Waals surface area contributed by atoms with Gasteiger partial charge in [-0.2, -0.15) is 0 Å². The minimum atomic E-state index is 0.0544. The zero-order chi connectivity index (χ0) is 14.5. The lowest BCUT2D eigenvalue weighted by Crippen LogP contribution is -2.18. The number of hydrogen-bond acceptors (Lipinski definition) is 5. The van der Waals surface area contributed by atoms with Crippen molar-refractivity contribution in [2.24, 2.45) is 5.73 Å². The van der Waals surface area contributed by atoms with Crippen LogP contribution in [-0.4, -0.2) is 18.3 Å². The number of rotatable bonds is 6. The van der Waals surface area contributed by atoms with Crippen molar-refractivity contribution in [1.29, 1.82) is 0 Å². The maximum absolute atomic E-state index is 5.87. The van der Waals surface area contributed by atoms with Gasteiger partial charge in [0.2, 0.25) is 0 Å². The zero-order valence-electron chi connectivity index (χ0n) is 12.1. The van der Waals surface area contributed by atoms with Gasteiger partial charge in [0.05, 0.1) is 7.11 Å². The first kappa shape index (κ1) is 14.4. The number of nitrogens with two attached hydrogens (primary N) is 1. The molecule has 0 aliphatic heterocycles. The number of methoxy groups -OCH3 is 1. The van der Waals surface area contributed by atoms with E-state index < -0.39 is 0 Å². The minimum Gasteiger partial charge on any atom is -0.497 e. The van der Waals surface area contributed by atoms with Gasteiger partial charge in [-0.1, -0.05) is 5.16 Å². The van der Waals surface area contributed by atoms with Crippen LogP contribution in [0.15, 0.2) is 28.8 Å². The van der Waals surface area contributed by atoms with Crippen molar-refractivity contribution >= 4 is 0 Å². The molecule has 0 saturated heterocycles. The highest BCUT2D eigenvalue weighted by Crippen LogP contribution is 2.26. The van der Waals surface area contributed by atoms with Gasteiger partial charge in [0.25, 0.3) is 0 Å². The molecule has 1 atom stereocenters. The summed E-state index contributed by atoms with van der Waals surface area (Å²) in [6.45, 7) is 4.19. The van der Waals surface area contributed by atoms with Gasteiger partial charge in [-0.05, 0) is 44.0 Å². The van der Waals surface area contributed by atoms with Crippen LogP contribution in [0, 0.1) is 6.92 Å². The fourth-order valence-corrected chi connectivity index (χ4v) is 1.97. The van der Waals surface area contributed by atoms with E-state index in [-0.39, 0.29) is 6.04 Å². The quantitative estimate of drug-likeness (QED) is 0.877. The van der Waals surface area contributed by atoms with Gasteiger partial charge in [0.1, 0.15) is 29.6 Å². The van der Waals surface area contributed by atoms with Gasteiger partial charge >= 0.3 is 0 Å². The van der Waals surface area contributed by atoms with Crippen LogP contribution in [0.5, 0.6) is 11.5 Å². The molecular formula is C15H20N2O3. The van der Waals surface area contributed by atoms with E-state index >= 15 is 0 Å². The molecule has 0 spiro atoms. The highest BCUT2D eigenvalue weighted by Gasteiger charge is 2.09. The second-order valence-corrected chi connectivity index (χ2v) is 4.87. The lowest BCUT2D eigenvalue weighted by molar-refractivity contribution is 0.284. The van der Waals surface area contributed by atoms with E-state index in [1.807, 2.05) is 38.1 Å². The van der Waals surface area contributed by atoms with Gasteiger partial charge in [0.15, 0.2) is 0 Å². The molecule has 0 radical (unpaired) electrons. The summed E-state index contributed by atoms with van der Waals surface area (Å²) >= 11 is 0. The smallest absolute Gasteiger partial charge is 0.134 e. The Labute approximate surface area is 118 Å². The van der Waals surface area contributed by atoms with Crippen LogP contribution in [-0.2, 0) is 13.0 Å². The Kier molecular flexibility index (Phi) is 4.63. The van der Waals surface area contributed by atoms with Gasteiger partial charge in [-0.15, -0.1) is 0 Å². The summed E-state index contributed by atoms with van der Waals surface area (Å²) < 4.78 is 16.1. The molecule has 0 bridgehead atoms. The largest absolute Gasteiger partial charge is 0.497 e. The molecule has 0 saturated carbocycles. The predicted octanol–water partition coefficient (Wildman–Crippen LogP) is 2.46. The Morgan fingerprint density at radius 3 is 2.75 bits per heavy atom. The summed E-state index contributed by atoms with van der Waals surface area (Å²) in [6, 6.07) is 7.62. The van der Waals surface area contributed by atoms with Gasteiger partial charge in [0, 0.05) is 12.1 Å². The van der Waals surface area contributed by atoms with Crippen LogP contribution < -0.4 is 15.2 Å². The molecule has 0 aliphatic carbocycles. The Hall–Kier alpha value is -2.01. The lowest BCUT2D eigenvalue weighted by atomic mass is 10.1. The molecule has 1 aromatic heterocycles. The normalized spacial score (nSPS) is 12.2. The van der Waals surface area contributed by atoms with Crippen LogP contribution in [0.25, 0.3) is 0 Å². The number of hydrogen-bond donors (Lipinski definition) is 1. The van der Waals surface area contributed by atoms with E-state index in [0.29, 0.717) is 6.61 Å². The van der Waals surface area contributed by atoms with E-state index in [4.69, 9.17) is 19.7 Å². The monoisotopic (exact) mass is 276 g/mol. The fourth-order valence-electron chi connectivity index (χ4n) is 1.97. The summed E-state index contributed by atoms with van der Waals surface area (Å²) in [5.41, 5.74) is 7.67. The van der Waals surface area contributed by atoms with Crippen LogP contribution >= 0.6 is 0 Å². The average molecular weight is 276 g/mol. The van der Waals surface area contributed by atoms with Crippen LogP contribution in [0.1, 0.15) is 23.9 Å². The molecule has 5 heteroatoms. The van der Waals surface area contributed by atoms with E-state index in [1.54, 1.807) is 7.11 Å². The first-order valence-electron chi connectivity index (χ1n) is 6.56. The third-order valence-electron chi connectivity index (χ3n) is 2.86. The maximum atomic E-state index is 5.87. The SMILES string of the molecule is COc1ccc(OCc2cc(C)on2)c(CC(C)N)c1. The van der Waals surface area contributed by atoms with Crippen molar-refractivity contribution in [2.45, 2.75) is 32.9 Å². The summed E-state index contributed by atoms with van der Waals surface area (Å²) in [5, 5.41) is 3.91. The minimum absolute atomic E-state index is 0.0544. The van der Waals surface area contributed by atoms with Gasteiger partial charge in [-0.3, -0.25) is 0 Å². The van der Waals surface area contributed by atoms with Crippen LogP contribution in [0.3, 0.4) is 0 Å². The second kappa shape index (κ2) is 6.43. The van der Waals surface area contributed by atoms with E-state index in [2.05, 4.69) is 5.16 Å². The number of aryl methyl sites for hydroxylation is 1. The fraction of sp³-hybridized carbons (Fsp3) is 0.400. The molecule has 1 unspecified atom stereocenters. The number of nitrogens with zero attached hydrogens (tertiary/aromatic N) is 1. The van der Waals surface area contributed by atoms with E-state index in [0.717, 1.165) is 34.9 Å². The van der Waals surface area contributed by atoms with Gasteiger partial charge in [-0.25, -0.2) is 0 Å². The number of benzene rings is 1. The molecule has 1 aromatic carbocycles. The van der Waals surface area contributed by atoms with Crippen molar-refractivity contribution in [3.05, 3.63) is 41.3 Å². The van der Waals surface area contributed by atoms with Crippen LogP contribution in [0.2, 0.25) is 0 Å². The Balaban J connectivity index is 2.12. The molecule has 2 aromatic rings. The Morgan fingerprint density at radius 2 is 2.15 bits per heavy atom. The van der Waals surface area contributed by atoms with E-state index in [9.17, 15) is 0 Å². The lowest BCUT2D eigenvalue weighted by Gasteiger charge is -2.13. The average Bonchev–Trinajstić information content (AvgIpc) is 2.82. The summed E-state index contributed by atoms with van der Waals surface area (Å²) in [4.78, 5) is 0.